The van der Waals surface area contributed by atoms with Crippen LogP contribution >= 0.6 is 11.3 Å². The number of hydrogen-bond acceptors (Lipinski definition) is 4. The van der Waals surface area contributed by atoms with Crippen molar-refractivity contribution >= 4 is 17.4 Å². The van der Waals surface area contributed by atoms with Crippen LogP contribution in [0.1, 0.15) is 37.1 Å². The minimum Gasteiger partial charge on any atom is -0.367 e. The molecule has 1 fully saturated rings. The molecule has 0 saturated carbocycles. The van der Waals surface area contributed by atoms with Gasteiger partial charge in [-0.1, -0.05) is 0 Å². The molecule has 0 aromatic carbocycles. The van der Waals surface area contributed by atoms with Crippen molar-refractivity contribution in [2.75, 3.05) is 13.1 Å². The zero-order valence-corrected chi connectivity index (χ0v) is 14.1. The van der Waals surface area contributed by atoms with Gasteiger partial charge < -0.3 is 15.0 Å². The SMILES string of the molecule is C[C@@H]1CN(C(=O)N[C@@H](C)c2ccncc2)C[C@H](c2ccsc2)O1. The molecule has 6 heteroatoms. The van der Waals surface area contributed by atoms with Gasteiger partial charge in [0.2, 0.25) is 0 Å². The number of thiophene rings is 1. The van der Waals surface area contributed by atoms with Crippen LogP contribution in [0.3, 0.4) is 0 Å². The molecule has 1 N–H and O–H groups in total. The summed E-state index contributed by atoms with van der Waals surface area (Å²) in [4.78, 5) is 18.4. The first kappa shape index (κ1) is 16.0. The summed E-state index contributed by atoms with van der Waals surface area (Å²) in [5, 5.41) is 7.18. The zero-order valence-electron chi connectivity index (χ0n) is 13.3. The smallest absolute Gasteiger partial charge is 0.318 e. The molecule has 122 valence electrons. The van der Waals surface area contributed by atoms with Gasteiger partial charge in [0.1, 0.15) is 6.10 Å². The van der Waals surface area contributed by atoms with E-state index in [0.717, 1.165) is 11.1 Å². The highest BCUT2D eigenvalue weighted by molar-refractivity contribution is 7.07. The van der Waals surface area contributed by atoms with Crippen molar-refractivity contribution in [1.82, 2.24) is 15.2 Å². The molecular formula is C17H21N3O2S. The first-order chi connectivity index (χ1) is 11.1. The van der Waals surface area contributed by atoms with Crippen molar-refractivity contribution in [2.45, 2.75) is 32.1 Å². The Hall–Kier alpha value is -1.92. The van der Waals surface area contributed by atoms with Crippen LogP contribution in [0, 0.1) is 0 Å². The second-order valence-electron chi connectivity index (χ2n) is 5.85. The zero-order chi connectivity index (χ0) is 16.2. The Bertz CT molecular complexity index is 633. The molecule has 23 heavy (non-hydrogen) atoms. The largest absolute Gasteiger partial charge is 0.367 e. The van der Waals surface area contributed by atoms with Gasteiger partial charge in [-0.15, -0.1) is 0 Å². The van der Waals surface area contributed by atoms with Crippen LogP contribution in [0.15, 0.2) is 41.4 Å². The van der Waals surface area contributed by atoms with Crippen LogP contribution in [0.4, 0.5) is 4.79 Å². The van der Waals surface area contributed by atoms with Crippen LogP contribution in [-0.2, 0) is 4.74 Å². The topological polar surface area (TPSA) is 54.5 Å². The second kappa shape index (κ2) is 7.10. The Labute approximate surface area is 140 Å². The molecule has 3 heterocycles. The third-order valence-corrected chi connectivity index (χ3v) is 4.71. The van der Waals surface area contributed by atoms with E-state index < -0.39 is 0 Å². The molecule has 1 saturated heterocycles. The van der Waals surface area contributed by atoms with E-state index in [4.69, 9.17) is 4.74 Å². The highest BCUT2D eigenvalue weighted by atomic mass is 32.1. The Morgan fingerprint density at radius 3 is 2.87 bits per heavy atom. The molecule has 5 nitrogen and oxygen atoms in total. The van der Waals surface area contributed by atoms with E-state index in [1.807, 2.05) is 36.3 Å². The molecule has 3 rings (SSSR count). The first-order valence-electron chi connectivity index (χ1n) is 7.76. The number of hydrogen-bond donors (Lipinski definition) is 1. The standard InChI is InChI=1S/C17H21N3O2S/c1-12-9-20(10-16(22-12)15-5-8-23-11-15)17(21)19-13(2)14-3-6-18-7-4-14/h3-8,11-13,16H,9-10H2,1-2H3,(H,19,21)/t12-,13+,16-/m1/s1. The molecule has 2 aromatic rings. The normalized spacial score (nSPS) is 22.6. The van der Waals surface area contributed by atoms with E-state index in [2.05, 4.69) is 21.7 Å². The first-order valence-corrected chi connectivity index (χ1v) is 8.70. The van der Waals surface area contributed by atoms with Crippen LogP contribution in [-0.4, -0.2) is 35.1 Å². The van der Waals surface area contributed by atoms with Crippen LogP contribution in [0.5, 0.6) is 0 Å². The van der Waals surface area contributed by atoms with E-state index in [1.165, 1.54) is 0 Å². The van der Waals surface area contributed by atoms with Gasteiger partial charge in [0.15, 0.2) is 0 Å². The Morgan fingerprint density at radius 2 is 2.17 bits per heavy atom. The average Bonchev–Trinajstić information content (AvgIpc) is 3.09. The number of carbonyl (C=O) groups excluding carboxylic acids is 1. The summed E-state index contributed by atoms with van der Waals surface area (Å²) < 4.78 is 5.98. The lowest BCUT2D eigenvalue weighted by molar-refractivity contribution is -0.0657. The Kier molecular flexibility index (Phi) is 4.93. The molecule has 1 aliphatic heterocycles. The molecule has 2 aromatic heterocycles. The summed E-state index contributed by atoms with van der Waals surface area (Å²) in [6.45, 7) is 5.17. The molecule has 0 radical (unpaired) electrons. The van der Waals surface area contributed by atoms with Crippen molar-refractivity contribution in [3.63, 3.8) is 0 Å². The van der Waals surface area contributed by atoms with E-state index in [9.17, 15) is 4.79 Å². The Morgan fingerprint density at radius 1 is 1.39 bits per heavy atom. The monoisotopic (exact) mass is 331 g/mol. The number of urea groups is 1. The van der Waals surface area contributed by atoms with Gasteiger partial charge in [-0.3, -0.25) is 4.98 Å². The number of ether oxygens (including phenoxy) is 1. The minimum atomic E-state index is -0.0525. The van der Waals surface area contributed by atoms with Crippen LogP contribution in [0.2, 0.25) is 0 Å². The third kappa shape index (κ3) is 3.89. The fourth-order valence-electron chi connectivity index (χ4n) is 2.77. The number of nitrogens with zero attached hydrogens (tertiary/aromatic N) is 2. The molecule has 1 aliphatic rings. The molecule has 0 unspecified atom stereocenters. The molecule has 0 aliphatic carbocycles. The lowest BCUT2D eigenvalue weighted by atomic mass is 10.1. The summed E-state index contributed by atoms with van der Waals surface area (Å²) in [5.41, 5.74) is 2.19. The second-order valence-corrected chi connectivity index (χ2v) is 6.63. The molecular weight excluding hydrogens is 310 g/mol. The molecule has 2 amide bonds. The van der Waals surface area contributed by atoms with Gasteiger partial charge in [-0.05, 0) is 53.9 Å². The van der Waals surface area contributed by atoms with Gasteiger partial charge in [-0.2, -0.15) is 11.3 Å². The molecule has 0 spiro atoms. The number of aromatic nitrogens is 1. The van der Waals surface area contributed by atoms with E-state index in [-0.39, 0.29) is 24.3 Å². The number of amides is 2. The predicted molar refractivity (Wildman–Crippen MR) is 90.4 cm³/mol. The van der Waals surface area contributed by atoms with E-state index >= 15 is 0 Å². The number of rotatable bonds is 3. The van der Waals surface area contributed by atoms with Crippen molar-refractivity contribution in [2.24, 2.45) is 0 Å². The quantitative estimate of drug-likeness (QED) is 0.938. The minimum absolute atomic E-state index is 0.0237. The van der Waals surface area contributed by atoms with Crippen molar-refractivity contribution < 1.29 is 9.53 Å². The Balaban J connectivity index is 1.64. The van der Waals surface area contributed by atoms with Gasteiger partial charge in [0, 0.05) is 18.9 Å². The summed E-state index contributed by atoms with van der Waals surface area (Å²) >= 11 is 1.65. The van der Waals surface area contributed by atoms with Gasteiger partial charge >= 0.3 is 6.03 Å². The maximum Gasteiger partial charge on any atom is 0.318 e. The van der Waals surface area contributed by atoms with Gasteiger partial charge in [0.05, 0.1) is 18.7 Å². The lowest BCUT2D eigenvalue weighted by Gasteiger charge is -2.37. The lowest BCUT2D eigenvalue weighted by Crippen LogP contribution is -2.50. The highest BCUT2D eigenvalue weighted by Gasteiger charge is 2.30. The van der Waals surface area contributed by atoms with Crippen LogP contribution < -0.4 is 5.32 Å². The highest BCUT2D eigenvalue weighted by Crippen LogP contribution is 2.27. The van der Waals surface area contributed by atoms with Crippen molar-refractivity contribution in [3.8, 4) is 0 Å². The predicted octanol–water partition coefficient (Wildman–Crippen LogP) is 3.38. The van der Waals surface area contributed by atoms with Crippen LogP contribution in [0.25, 0.3) is 0 Å². The average molecular weight is 331 g/mol. The van der Waals surface area contributed by atoms with Crippen molar-refractivity contribution in [3.05, 3.63) is 52.5 Å². The van der Waals surface area contributed by atoms with Gasteiger partial charge in [0.25, 0.3) is 0 Å². The summed E-state index contributed by atoms with van der Waals surface area (Å²) in [6.07, 6.45) is 3.45. The van der Waals surface area contributed by atoms with E-state index in [0.29, 0.717) is 13.1 Å². The third-order valence-electron chi connectivity index (χ3n) is 4.01. The maximum absolute atomic E-state index is 12.6. The van der Waals surface area contributed by atoms with Crippen molar-refractivity contribution in [1.29, 1.82) is 0 Å². The van der Waals surface area contributed by atoms with E-state index in [1.54, 1.807) is 23.7 Å². The van der Waals surface area contributed by atoms with Gasteiger partial charge in [-0.25, -0.2) is 4.79 Å². The fraction of sp³-hybridized carbons (Fsp3) is 0.412. The molecule has 0 bridgehead atoms. The fourth-order valence-corrected chi connectivity index (χ4v) is 3.47. The maximum atomic E-state index is 12.6. The number of nitrogens with one attached hydrogen (secondary N) is 1. The summed E-state index contributed by atoms with van der Waals surface area (Å²) in [5.74, 6) is 0. The number of carbonyl (C=O) groups is 1. The summed E-state index contributed by atoms with van der Waals surface area (Å²) in [6, 6.07) is 5.79. The number of pyridine rings is 1. The summed E-state index contributed by atoms with van der Waals surface area (Å²) in [7, 11) is 0. The molecule has 3 atom stereocenters. The number of morpholine rings is 1.